The van der Waals surface area contributed by atoms with Crippen LogP contribution in [0.3, 0.4) is 0 Å². The lowest BCUT2D eigenvalue weighted by Crippen LogP contribution is -2.43. The molecule has 0 fully saturated rings. The summed E-state index contributed by atoms with van der Waals surface area (Å²) < 4.78 is 10.5. The molecule has 2 aromatic carbocycles. The van der Waals surface area contributed by atoms with Crippen molar-refractivity contribution in [2.75, 3.05) is 6.61 Å². The minimum absolute atomic E-state index is 0.115. The molecule has 3 aromatic rings. The van der Waals surface area contributed by atoms with Crippen LogP contribution in [0.1, 0.15) is 18.3 Å². The van der Waals surface area contributed by atoms with E-state index in [-0.39, 0.29) is 19.1 Å². The van der Waals surface area contributed by atoms with Crippen LogP contribution < -0.4 is 5.32 Å². The van der Waals surface area contributed by atoms with Crippen molar-refractivity contribution < 1.29 is 19.2 Å². The second-order valence-electron chi connectivity index (χ2n) is 6.56. The van der Waals surface area contributed by atoms with Crippen LogP contribution in [0, 0.1) is 5.92 Å². The number of aliphatic hydroxyl groups is 1. The zero-order valence-electron chi connectivity index (χ0n) is 15.6. The molecule has 1 aromatic heterocycles. The number of hydrogen-bond donors (Lipinski definition) is 2. The Morgan fingerprint density at radius 2 is 1.82 bits per heavy atom. The molecule has 2 N–H and O–H groups in total. The maximum absolute atomic E-state index is 12.0. The predicted octanol–water partition coefficient (Wildman–Crippen LogP) is 3.20. The summed E-state index contributed by atoms with van der Waals surface area (Å²) in [5.74, 6) is 0.846. The molecular weight excluding hydrogens is 358 g/mol. The summed E-state index contributed by atoms with van der Waals surface area (Å²) in [6, 6.07) is 18.4. The Labute approximate surface area is 163 Å². The van der Waals surface area contributed by atoms with Gasteiger partial charge in [0, 0.05) is 12.0 Å². The maximum Gasteiger partial charge on any atom is 0.407 e. The largest absolute Gasteiger partial charge is 0.445 e. The van der Waals surface area contributed by atoms with Crippen LogP contribution >= 0.6 is 0 Å². The summed E-state index contributed by atoms with van der Waals surface area (Å²) in [7, 11) is 0. The van der Waals surface area contributed by atoms with Crippen LogP contribution in [0.5, 0.6) is 0 Å². The lowest BCUT2D eigenvalue weighted by molar-refractivity contribution is 0.121. The molecule has 0 saturated carbocycles. The van der Waals surface area contributed by atoms with Gasteiger partial charge in [-0.3, -0.25) is 0 Å². The molecule has 1 heterocycles. The van der Waals surface area contributed by atoms with Crippen LogP contribution in [0.15, 0.2) is 65.2 Å². The molecule has 2 unspecified atom stereocenters. The van der Waals surface area contributed by atoms with Gasteiger partial charge in [0.2, 0.25) is 0 Å². The molecule has 7 nitrogen and oxygen atoms in total. The van der Waals surface area contributed by atoms with Gasteiger partial charge in [0.15, 0.2) is 5.82 Å². The Kier molecular flexibility index (Phi) is 6.75. The van der Waals surface area contributed by atoms with Gasteiger partial charge in [-0.2, -0.15) is 4.98 Å². The number of carbonyl (C=O) groups excluding carboxylic acids is 1. The fourth-order valence-electron chi connectivity index (χ4n) is 2.75. The average Bonchev–Trinajstić information content (AvgIpc) is 3.20. The van der Waals surface area contributed by atoms with Gasteiger partial charge in [0.05, 0.1) is 12.6 Å². The van der Waals surface area contributed by atoms with Gasteiger partial charge in [-0.1, -0.05) is 60.6 Å². The predicted molar refractivity (Wildman–Crippen MR) is 103 cm³/mol. The Balaban J connectivity index is 1.52. The van der Waals surface area contributed by atoms with Crippen molar-refractivity contribution in [3.8, 4) is 11.5 Å². The molecule has 0 saturated heterocycles. The van der Waals surface area contributed by atoms with Gasteiger partial charge in [0.1, 0.15) is 6.61 Å². The van der Waals surface area contributed by atoms with Crippen molar-refractivity contribution in [2.45, 2.75) is 26.0 Å². The van der Waals surface area contributed by atoms with E-state index in [2.05, 4.69) is 15.5 Å². The zero-order chi connectivity index (χ0) is 19.8. The lowest BCUT2D eigenvalue weighted by atomic mass is 9.99. The second-order valence-corrected chi connectivity index (χ2v) is 6.56. The molecule has 2 atom stereocenters. The number of rotatable bonds is 8. The van der Waals surface area contributed by atoms with Crippen molar-refractivity contribution in [2.24, 2.45) is 5.92 Å². The standard InChI is InChI=1S/C21H23N3O4/c1-15(12-19-23-20(28-24-19)17-10-6-3-7-11-17)18(13-25)22-21(26)27-14-16-8-4-2-5-9-16/h2-11,15,18,25H,12-14H2,1H3,(H,22,26). The van der Waals surface area contributed by atoms with Crippen molar-refractivity contribution in [3.63, 3.8) is 0 Å². The van der Waals surface area contributed by atoms with E-state index in [0.717, 1.165) is 11.1 Å². The first kappa shape index (κ1) is 19.6. The molecule has 0 spiro atoms. The number of nitrogens with one attached hydrogen (secondary N) is 1. The Morgan fingerprint density at radius 3 is 2.50 bits per heavy atom. The fourth-order valence-corrected chi connectivity index (χ4v) is 2.75. The third-order valence-electron chi connectivity index (χ3n) is 4.39. The van der Waals surface area contributed by atoms with E-state index >= 15 is 0 Å². The highest BCUT2D eigenvalue weighted by Gasteiger charge is 2.22. The smallest absolute Gasteiger partial charge is 0.407 e. The van der Waals surface area contributed by atoms with Gasteiger partial charge >= 0.3 is 6.09 Å². The van der Waals surface area contributed by atoms with Gasteiger partial charge in [0.25, 0.3) is 5.89 Å². The number of amides is 1. The summed E-state index contributed by atoms with van der Waals surface area (Å²) in [6.45, 7) is 1.85. The number of nitrogens with zero attached hydrogens (tertiary/aromatic N) is 2. The highest BCUT2D eigenvalue weighted by atomic mass is 16.5. The molecule has 3 rings (SSSR count). The molecule has 0 bridgehead atoms. The first-order valence-corrected chi connectivity index (χ1v) is 9.11. The zero-order valence-corrected chi connectivity index (χ0v) is 15.6. The van der Waals surface area contributed by atoms with Gasteiger partial charge in [-0.15, -0.1) is 0 Å². The first-order valence-electron chi connectivity index (χ1n) is 9.11. The summed E-state index contributed by atoms with van der Waals surface area (Å²) in [5, 5.41) is 16.3. The number of carbonyl (C=O) groups is 1. The number of alkyl carbamates (subject to hydrolysis) is 1. The molecule has 0 radical (unpaired) electrons. The Hall–Kier alpha value is -3.19. The minimum atomic E-state index is -0.576. The SMILES string of the molecule is CC(Cc1noc(-c2ccccc2)n1)C(CO)NC(=O)OCc1ccccc1. The maximum atomic E-state index is 12.0. The minimum Gasteiger partial charge on any atom is -0.445 e. The molecule has 0 aliphatic heterocycles. The van der Waals surface area contributed by atoms with Gasteiger partial charge in [-0.05, 0) is 23.6 Å². The monoisotopic (exact) mass is 381 g/mol. The number of aliphatic hydroxyl groups excluding tert-OH is 1. The summed E-state index contributed by atoms with van der Waals surface area (Å²) >= 11 is 0. The summed E-state index contributed by atoms with van der Waals surface area (Å²) in [4.78, 5) is 16.4. The van der Waals surface area contributed by atoms with E-state index in [1.165, 1.54) is 0 Å². The van der Waals surface area contributed by atoms with E-state index < -0.39 is 12.1 Å². The number of aromatic nitrogens is 2. The van der Waals surface area contributed by atoms with Crippen LogP contribution in [-0.4, -0.2) is 34.0 Å². The van der Waals surface area contributed by atoms with Crippen LogP contribution in [0.4, 0.5) is 4.79 Å². The van der Waals surface area contributed by atoms with Crippen molar-refractivity contribution in [3.05, 3.63) is 72.1 Å². The highest BCUT2D eigenvalue weighted by molar-refractivity contribution is 5.67. The van der Waals surface area contributed by atoms with Crippen molar-refractivity contribution >= 4 is 6.09 Å². The van der Waals surface area contributed by atoms with Gasteiger partial charge < -0.3 is 19.7 Å². The molecule has 7 heteroatoms. The molecular formula is C21H23N3O4. The molecule has 146 valence electrons. The number of ether oxygens (including phenoxy) is 1. The summed E-state index contributed by atoms with van der Waals surface area (Å²) in [5.41, 5.74) is 1.74. The molecule has 0 aliphatic carbocycles. The summed E-state index contributed by atoms with van der Waals surface area (Å²) in [6.07, 6.45) is -0.131. The molecule has 28 heavy (non-hydrogen) atoms. The average molecular weight is 381 g/mol. The first-order chi connectivity index (χ1) is 13.7. The lowest BCUT2D eigenvalue weighted by Gasteiger charge is -2.21. The fraction of sp³-hybridized carbons (Fsp3) is 0.286. The van der Waals surface area contributed by atoms with Crippen molar-refractivity contribution in [1.82, 2.24) is 15.5 Å². The quantitative estimate of drug-likeness (QED) is 0.622. The van der Waals surface area contributed by atoms with Crippen LogP contribution in [0.2, 0.25) is 0 Å². The normalized spacial score (nSPS) is 12.9. The van der Waals surface area contributed by atoms with E-state index in [9.17, 15) is 9.90 Å². The van der Waals surface area contributed by atoms with E-state index in [1.807, 2.05) is 67.6 Å². The third-order valence-corrected chi connectivity index (χ3v) is 4.39. The highest BCUT2D eigenvalue weighted by Crippen LogP contribution is 2.18. The van der Waals surface area contributed by atoms with E-state index in [4.69, 9.17) is 9.26 Å². The van der Waals surface area contributed by atoms with Crippen molar-refractivity contribution in [1.29, 1.82) is 0 Å². The van der Waals surface area contributed by atoms with E-state index in [1.54, 1.807) is 0 Å². The Bertz CT molecular complexity index is 868. The Morgan fingerprint density at radius 1 is 1.14 bits per heavy atom. The molecule has 1 amide bonds. The van der Waals surface area contributed by atoms with Crippen LogP contribution in [-0.2, 0) is 17.8 Å². The second kappa shape index (κ2) is 9.66. The number of hydrogen-bond acceptors (Lipinski definition) is 6. The third kappa shape index (κ3) is 5.40. The van der Waals surface area contributed by atoms with E-state index in [0.29, 0.717) is 18.1 Å². The molecule has 0 aliphatic rings. The topological polar surface area (TPSA) is 97.5 Å². The number of benzene rings is 2. The van der Waals surface area contributed by atoms with Crippen LogP contribution in [0.25, 0.3) is 11.5 Å². The van der Waals surface area contributed by atoms with Gasteiger partial charge in [-0.25, -0.2) is 4.79 Å².